The van der Waals surface area contributed by atoms with E-state index in [-0.39, 0.29) is 0 Å². The summed E-state index contributed by atoms with van der Waals surface area (Å²) in [5, 5.41) is 9.04. The maximum absolute atomic E-state index is 4.20. The Morgan fingerprint density at radius 1 is 1.19 bits per heavy atom. The van der Waals surface area contributed by atoms with Crippen LogP contribution in [0.1, 0.15) is 18.3 Å². The van der Waals surface area contributed by atoms with Crippen molar-refractivity contribution in [1.29, 1.82) is 0 Å². The Bertz CT molecular complexity index is 474. The van der Waals surface area contributed by atoms with Gasteiger partial charge in [-0.2, -0.15) is 0 Å². The zero-order chi connectivity index (χ0) is 11.5. The second kappa shape index (κ2) is 4.78. The molecular weight excluding hydrogens is 266 g/mol. The summed E-state index contributed by atoms with van der Waals surface area (Å²) in [6.45, 7) is 2.15. The molecule has 4 heteroatoms. The van der Waals surface area contributed by atoms with Gasteiger partial charge in [0.2, 0.25) is 0 Å². The summed E-state index contributed by atoms with van der Waals surface area (Å²) in [6, 6.07) is 8.47. The monoisotopic (exact) mass is 279 g/mol. The molecule has 0 radical (unpaired) electrons. The Morgan fingerprint density at radius 2 is 1.88 bits per heavy atom. The molecule has 0 saturated carbocycles. The molecule has 16 heavy (non-hydrogen) atoms. The van der Waals surface area contributed by atoms with E-state index in [4.69, 9.17) is 0 Å². The first-order valence-electron chi connectivity index (χ1n) is 5.29. The zero-order valence-corrected chi connectivity index (χ0v) is 11.0. The smallest absolute Gasteiger partial charge is 0.163 e. The van der Waals surface area contributed by atoms with E-state index >= 15 is 0 Å². The SMILES string of the molecule is CCc1ccc(-c2nnc(CBr)n2C)cc1. The maximum Gasteiger partial charge on any atom is 0.163 e. The van der Waals surface area contributed by atoms with Crippen LogP contribution in [0.2, 0.25) is 0 Å². The van der Waals surface area contributed by atoms with Crippen LogP contribution < -0.4 is 0 Å². The molecule has 0 unspecified atom stereocenters. The van der Waals surface area contributed by atoms with Gasteiger partial charge in [-0.15, -0.1) is 10.2 Å². The van der Waals surface area contributed by atoms with Crippen molar-refractivity contribution in [3.63, 3.8) is 0 Å². The van der Waals surface area contributed by atoms with Crippen LogP contribution >= 0.6 is 15.9 Å². The molecule has 1 aromatic heterocycles. The summed E-state index contributed by atoms with van der Waals surface area (Å²) in [4.78, 5) is 0. The van der Waals surface area contributed by atoms with Crippen molar-refractivity contribution in [3.05, 3.63) is 35.7 Å². The van der Waals surface area contributed by atoms with Gasteiger partial charge in [-0.1, -0.05) is 47.1 Å². The number of hydrogen-bond donors (Lipinski definition) is 0. The fourth-order valence-electron chi connectivity index (χ4n) is 1.62. The number of benzene rings is 1. The highest BCUT2D eigenvalue weighted by molar-refractivity contribution is 9.08. The molecule has 1 aromatic carbocycles. The maximum atomic E-state index is 4.20. The minimum absolute atomic E-state index is 0.726. The van der Waals surface area contributed by atoms with Crippen LogP contribution in [0.5, 0.6) is 0 Å². The van der Waals surface area contributed by atoms with Gasteiger partial charge in [0.05, 0.1) is 5.33 Å². The van der Waals surface area contributed by atoms with Gasteiger partial charge in [0.25, 0.3) is 0 Å². The van der Waals surface area contributed by atoms with Crippen molar-refractivity contribution in [2.24, 2.45) is 7.05 Å². The number of aromatic nitrogens is 3. The molecule has 84 valence electrons. The van der Waals surface area contributed by atoms with Gasteiger partial charge in [0.15, 0.2) is 5.82 Å². The Hall–Kier alpha value is -1.16. The third-order valence-electron chi connectivity index (χ3n) is 2.70. The van der Waals surface area contributed by atoms with Gasteiger partial charge < -0.3 is 4.57 Å². The lowest BCUT2D eigenvalue weighted by atomic mass is 10.1. The van der Waals surface area contributed by atoms with Crippen LogP contribution in [0.3, 0.4) is 0 Å². The van der Waals surface area contributed by atoms with Crippen LogP contribution in [0.15, 0.2) is 24.3 Å². The lowest BCUT2D eigenvalue weighted by Crippen LogP contribution is -1.97. The Kier molecular flexibility index (Phi) is 3.39. The van der Waals surface area contributed by atoms with E-state index in [1.165, 1.54) is 5.56 Å². The highest BCUT2D eigenvalue weighted by Crippen LogP contribution is 2.18. The Morgan fingerprint density at radius 3 is 2.38 bits per heavy atom. The fourth-order valence-corrected chi connectivity index (χ4v) is 2.11. The molecule has 0 aliphatic carbocycles. The molecule has 0 atom stereocenters. The number of rotatable bonds is 3. The van der Waals surface area contributed by atoms with Crippen LogP contribution in [-0.4, -0.2) is 14.8 Å². The van der Waals surface area contributed by atoms with Crippen molar-refractivity contribution in [3.8, 4) is 11.4 Å². The Balaban J connectivity index is 2.38. The molecule has 1 heterocycles. The summed E-state index contributed by atoms with van der Waals surface area (Å²) in [7, 11) is 1.99. The summed E-state index contributed by atoms with van der Waals surface area (Å²) >= 11 is 3.39. The number of halogens is 1. The van der Waals surface area contributed by atoms with Crippen LogP contribution in [-0.2, 0) is 18.8 Å². The summed E-state index contributed by atoms with van der Waals surface area (Å²) < 4.78 is 2.01. The van der Waals surface area contributed by atoms with E-state index in [1.54, 1.807) is 0 Å². The van der Waals surface area contributed by atoms with Crippen molar-refractivity contribution >= 4 is 15.9 Å². The van der Waals surface area contributed by atoms with E-state index in [0.29, 0.717) is 0 Å². The molecule has 0 bridgehead atoms. The second-order valence-corrected chi connectivity index (χ2v) is 4.24. The van der Waals surface area contributed by atoms with Crippen molar-refractivity contribution in [2.75, 3.05) is 0 Å². The minimum Gasteiger partial charge on any atom is -0.313 e. The first-order chi connectivity index (χ1) is 7.76. The summed E-state index contributed by atoms with van der Waals surface area (Å²) in [6.07, 6.45) is 1.06. The molecule has 2 rings (SSSR count). The normalized spacial score (nSPS) is 10.7. The first kappa shape index (κ1) is 11.3. The van der Waals surface area contributed by atoms with Gasteiger partial charge in [-0.3, -0.25) is 0 Å². The lowest BCUT2D eigenvalue weighted by molar-refractivity contribution is 0.859. The number of aryl methyl sites for hydroxylation is 1. The van der Waals surface area contributed by atoms with E-state index < -0.39 is 0 Å². The van der Waals surface area contributed by atoms with Gasteiger partial charge in [0.1, 0.15) is 5.82 Å². The van der Waals surface area contributed by atoms with E-state index in [9.17, 15) is 0 Å². The molecule has 0 fully saturated rings. The third kappa shape index (κ3) is 2.02. The van der Waals surface area contributed by atoms with Crippen LogP contribution in [0.4, 0.5) is 0 Å². The van der Waals surface area contributed by atoms with Gasteiger partial charge in [-0.05, 0) is 12.0 Å². The Labute approximate surface area is 104 Å². The number of nitrogens with zero attached hydrogens (tertiary/aromatic N) is 3. The van der Waals surface area contributed by atoms with Gasteiger partial charge >= 0.3 is 0 Å². The van der Waals surface area contributed by atoms with E-state index in [0.717, 1.165) is 29.0 Å². The molecule has 0 saturated heterocycles. The largest absolute Gasteiger partial charge is 0.313 e. The quantitative estimate of drug-likeness (QED) is 0.809. The predicted octanol–water partition coefficient (Wildman–Crippen LogP) is 2.94. The van der Waals surface area contributed by atoms with E-state index in [2.05, 4.69) is 57.3 Å². The minimum atomic E-state index is 0.726. The van der Waals surface area contributed by atoms with Crippen molar-refractivity contribution in [1.82, 2.24) is 14.8 Å². The highest BCUT2D eigenvalue weighted by atomic mass is 79.9. The molecule has 3 nitrogen and oxygen atoms in total. The molecule has 2 aromatic rings. The van der Waals surface area contributed by atoms with Gasteiger partial charge in [0, 0.05) is 12.6 Å². The molecule has 0 aliphatic rings. The van der Waals surface area contributed by atoms with Crippen molar-refractivity contribution < 1.29 is 0 Å². The molecule has 0 amide bonds. The van der Waals surface area contributed by atoms with E-state index in [1.807, 2.05) is 11.6 Å². The van der Waals surface area contributed by atoms with Crippen LogP contribution in [0.25, 0.3) is 11.4 Å². The molecule has 0 aliphatic heterocycles. The average molecular weight is 280 g/mol. The molecular formula is C12H14BrN3. The standard InChI is InChI=1S/C12H14BrN3/c1-3-9-4-6-10(7-5-9)12-15-14-11(8-13)16(12)2/h4-7H,3,8H2,1-2H3. The lowest BCUT2D eigenvalue weighted by Gasteiger charge is -2.03. The van der Waals surface area contributed by atoms with Gasteiger partial charge in [-0.25, -0.2) is 0 Å². The second-order valence-electron chi connectivity index (χ2n) is 3.68. The van der Waals surface area contributed by atoms with Crippen LogP contribution in [0, 0.1) is 0 Å². The molecule has 0 spiro atoms. The molecule has 0 N–H and O–H groups in total. The topological polar surface area (TPSA) is 30.7 Å². The third-order valence-corrected chi connectivity index (χ3v) is 3.21. The fraction of sp³-hybridized carbons (Fsp3) is 0.333. The summed E-state index contributed by atoms with van der Waals surface area (Å²) in [5.41, 5.74) is 2.45. The zero-order valence-electron chi connectivity index (χ0n) is 9.44. The number of hydrogen-bond acceptors (Lipinski definition) is 2. The number of alkyl halides is 1. The predicted molar refractivity (Wildman–Crippen MR) is 68.4 cm³/mol. The first-order valence-corrected chi connectivity index (χ1v) is 6.42. The summed E-state index contributed by atoms with van der Waals surface area (Å²) in [5.74, 6) is 1.85. The average Bonchev–Trinajstić information content (AvgIpc) is 2.70. The van der Waals surface area contributed by atoms with Crippen molar-refractivity contribution in [2.45, 2.75) is 18.7 Å². The highest BCUT2D eigenvalue weighted by Gasteiger charge is 2.08.